The first kappa shape index (κ1) is 12.0. The Hall–Kier alpha value is -0.0400. The normalized spacial score (nSPS) is 13.5. The minimum Gasteiger partial charge on any atom is -0.330 e. The predicted octanol–water partition coefficient (Wildman–Crippen LogP) is 3.19. The van der Waals surface area contributed by atoms with Crippen LogP contribution in [0.2, 0.25) is 0 Å². The van der Waals surface area contributed by atoms with E-state index in [9.17, 15) is 0 Å². The van der Waals surface area contributed by atoms with Crippen molar-refractivity contribution in [2.45, 2.75) is 53.9 Å². The van der Waals surface area contributed by atoms with Gasteiger partial charge in [-0.25, -0.2) is 0 Å². The number of hydrogen-bond donors (Lipinski definition) is 1. The molecule has 0 amide bonds. The van der Waals surface area contributed by atoms with Crippen molar-refractivity contribution in [2.24, 2.45) is 16.6 Å². The molecule has 0 heterocycles. The molecule has 0 bridgehead atoms. The highest BCUT2D eigenvalue weighted by molar-refractivity contribution is 4.78. The molecule has 74 valence electrons. The van der Waals surface area contributed by atoms with Crippen LogP contribution in [0.3, 0.4) is 0 Å². The molecule has 0 aromatic rings. The van der Waals surface area contributed by atoms with E-state index in [1.807, 2.05) is 0 Å². The van der Waals surface area contributed by atoms with E-state index in [0.717, 1.165) is 13.0 Å². The van der Waals surface area contributed by atoms with Gasteiger partial charge in [0.2, 0.25) is 0 Å². The van der Waals surface area contributed by atoms with Crippen LogP contribution in [0.5, 0.6) is 0 Å². The van der Waals surface area contributed by atoms with Gasteiger partial charge in [0.25, 0.3) is 0 Å². The quantitative estimate of drug-likeness (QED) is 0.675. The van der Waals surface area contributed by atoms with Crippen LogP contribution in [0.15, 0.2) is 0 Å². The van der Waals surface area contributed by atoms with Crippen LogP contribution in [0.25, 0.3) is 0 Å². The van der Waals surface area contributed by atoms with Gasteiger partial charge in [-0.15, -0.1) is 0 Å². The van der Waals surface area contributed by atoms with Gasteiger partial charge < -0.3 is 5.73 Å². The van der Waals surface area contributed by atoms with Crippen LogP contribution in [0.4, 0.5) is 0 Å². The lowest BCUT2D eigenvalue weighted by Gasteiger charge is -2.34. The van der Waals surface area contributed by atoms with Gasteiger partial charge in [0.05, 0.1) is 0 Å². The van der Waals surface area contributed by atoms with Gasteiger partial charge >= 0.3 is 0 Å². The van der Waals surface area contributed by atoms with Crippen molar-refractivity contribution >= 4 is 0 Å². The lowest BCUT2D eigenvalue weighted by Crippen LogP contribution is -2.25. The van der Waals surface area contributed by atoms with Crippen molar-refractivity contribution in [1.29, 1.82) is 0 Å². The highest BCUT2D eigenvalue weighted by Crippen LogP contribution is 2.37. The summed E-state index contributed by atoms with van der Waals surface area (Å²) in [6, 6.07) is 0. The Morgan fingerprint density at radius 2 is 1.50 bits per heavy atom. The van der Waals surface area contributed by atoms with Crippen molar-refractivity contribution in [3.63, 3.8) is 0 Å². The van der Waals surface area contributed by atoms with Crippen molar-refractivity contribution in [3.05, 3.63) is 0 Å². The summed E-state index contributed by atoms with van der Waals surface area (Å²) in [5.74, 6) is 0. The van der Waals surface area contributed by atoms with Crippen LogP contribution in [-0.2, 0) is 0 Å². The molecule has 0 aliphatic rings. The van der Waals surface area contributed by atoms with E-state index in [4.69, 9.17) is 5.73 Å². The Kier molecular flexibility index (Phi) is 4.25. The summed E-state index contributed by atoms with van der Waals surface area (Å²) in [6.45, 7) is 12.4. The molecule has 0 atom stereocenters. The summed E-state index contributed by atoms with van der Waals surface area (Å²) >= 11 is 0. The zero-order valence-corrected chi connectivity index (χ0v) is 9.41. The number of nitrogens with two attached hydrogens (primary N) is 1. The topological polar surface area (TPSA) is 26.0 Å². The monoisotopic (exact) mass is 171 g/mol. The molecule has 0 rings (SSSR count). The van der Waals surface area contributed by atoms with Gasteiger partial charge in [0.1, 0.15) is 0 Å². The Bertz CT molecular complexity index is 125. The third kappa shape index (κ3) is 4.76. The lowest BCUT2D eigenvalue weighted by molar-refractivity contribution is 0.180. The molecule has 0 aliphatic carbocycles. The molecule has 0 saturated carbocycles. The average Bonchev–Trinajstić information content (AvgIpc) is 1.85. The standard InChI is InChI=1S/C11H25N/c1-6-10(2,3)9-11(4,5)7-8-12/h6-9,12H2,1-5H3. The molecule has 2 N–H and O–H groups in total. The first-order valence-electron chi connectivity index (χ1n) is 5.03. The molecule has 0 radical (unpaired) electrons. The fraction of sp³-hybridized carbons (Fsp3) is 1.00. The molecule has 0 aromatic carbocycles. The molecule has 0 aliphatic heterocycles. The molecule has 1 nitrogen and oxygen atoms in total. The minimum atomic E-state index is 0.411. The Morgan fingerprint density at radius 3 is 1.83 bits per heavy atom. The summed E-state index contributed by atoms with van der Waals surface area (Å²) in [5, 5.41) is 0. The van der Waals surface area contributed by atoms with Crippen molar-refractivity contribution < 1.29 is 0 Å². The molecule has 0 saturated heterocycles. The van der Waals surface area contributed by atoms with Crippen LogP contribution >= 0.6 is 0 Å². The first-order chi connectivity index (χ1) is 5.33. The minimum absolute atomic E-state index is 0.411. The van der Waals surface area contributed by atoms with Gasteiger partial charge in [-0.3, -0.25) is 0 Å². The molecule has 0 aromatic heterocycles. The largest absolute Gasteiger partial charge is 0.330 e. The van der Waals surface area contributed by atoms with Crippen molar-refractivity contribution in [3.8, 4) is 0 Å². The second-order valence-corrected chi connectivity index (χ2v) is 5.40. The fourth-order valence-corrected chi connectivity index (χ4v) is 1.90. The van der Waals surface area contributed by atoms with Crippen molar-refractivity contribution in [1.82, 2.24) is 0 Å². The van der Waals surface area contributed by atoms with Gasteiger partial charge in [-0.2, -0.15) is 0 Å². The van der Waals surface area contributed by atoms with Crippen LogP contribution in [0, 0.1) is 10.8 Å². The second-order valence-electron chi connectivity index (χ2n) is 5.40. The van der Waals surface area contributed by atoms with Gasteiger partial charge in [0, 0.05) is 0 Å². The average molecular weight is 171 g/mol. The van der Waals surface area contributed by atoms with E-state index in [0.29, 0.717) is 10.8 Å². The smallest absolute Gasteiger partial charge is 0.00722 e. The summed E-state index contributed by atoms with van der Waals surface area (Å²) in [4.78, 5) is 0. The molecule has 12 heavy (non-hydrogen) atoms. The maximum atomic E-state index is 5.57. The first-order valence-corrected chi connectivity index (χ1v) is 5.03. The van der Waals surface area contributed by atoms with E-state index >= 15 is 0 Å². The lowest BCUT2D eigenvalue weighted by atomic mass is 9.72. The zero-order valence-electron chi connectivity index (χ0n) is 9.41. The van der Waals surface area contributed by atoms with Crippen molar-refractivity contribution in [2.75, 3.05) is 6.54 Å². The predicted molar refractivity (Wildman–Crippen MR) is 56.1 cm³/mol. The van der Waals surface area contributed by atoms with Crippen LogP contribution in [-0.4, -0.2) is 6.54 Å². The summed E-state index contributed by atoms with van der Waals surface area (Å²) < 4.78 is 0. The summed E-state index contributed by atoms with van der Waals surface area (Å²) in [5.41, 5.74) is 6.46. The molecular formula is C11H25N. The van der Waals surface area contributed by atoms with Gasteiger partial charge in [-0.1, -0.05) is 41.0 Å². The molecule has 0 unspecified atom stereocenters. The maximum Gasteiger partial charge on any atom is -0.00722 e. The molecular weight excluding hydrogens is 146 g/mol. The Morgan fingerprint density at radius 1 is 1.00 bits per heavy atom. The van der Waals surface area contributed by atoms with Gasteiger partial charge in [0.15, 0.2) is 0 Å². The van der Waals surface area contributed by atoms with E-state index in [1.165, 1.54) is 12.8 Å². The maximum absolute atomic E-state index is 5.57. The number of hydrogen-bond acceptors (Lipinski definition) is 1. The fourth-order valence-electron chi connectivity index (χ4n) is 1.90. The highest BCUT2D eigenvalue weighted by atomic mass is 14.5. The van der Waals surface area contributed by atoms with Crippen LogP contribution < -0.4 is 5.73 Å². The molecule has 1 heteroatoms. The highest BCUT2D eigenvalue weighted by Gasteiger charge is 2.26. The molecule has 0 fully saturated rings. The van der Waals surface area contributed by atoms with E-state index in [2.05, 4.69) is 34.6 Å². The zero-order chi connectivity index (χ0) is 9.83. The second kappa shape index (κ2) is 4.27. The third-order valence-electron chi connectivity index (χ3n) is 2.74. The van der Waals surface area contributed by atoms with E-state index in [1.54, 1.807) is 0 Å². The van der Waals surface area contributed by atoms with E-state index < -0.39 is 0 Å². The van der Waals surface area contributed by atoms with E-state index in [-0.39, 0.29) is 0 Å². The Balaban J connectivity index is 4.04. The number of rotatable bonds is 5. The van der Waals surface area contributed by atoms with Crippen LogP contribution in [0.1, 0.15) is 53.9 Å². The third-order valence-corrected chi connectivity index (χ3v) is 2.74. The summed E-state index contributed by atoms with van der Waals surface area (Å²) in [7, 11) is 0. The summed E-state index contributed by atoms with van der Waals surface area (Å²) in [6.07, 6.45) is 3.66. The van der Waals surface area contributed by atoms with Gasteiger partial charge in [-0.05, 0) is 30.2 Å². The SMILES string of the molecule is CCC(C)(C)CC(C)(C)CCN. The Labute approximate surface area is 77.7 Å². The molecule has 0 spiro atoms.